The van der Waals surface area contributed by atoms with Crippen LogP contribution in [0.2, 0.25) is 0 Å². The maximum absolute atomic E-state index is 5.28. The van der Waals surface area contributed by atoms with Crippen molar-refractivity contribution in [1.29, 1.82) is 0 Å². The smallest absolute Gasteiger partial charge is 0.0589 e. The molecule has 0 aliphatic carbocycles. The van der Waals surface area contributed by atoms with E-state index in [4.69, 9.17) is 4.74 Å². The fourth-order valence-electron chi connectivity index (χ4n) is 3.02. The van der Waals surface area contributed by atoms with Crippen LogP contribution in [0.4, 0.5) is 0 Å². The molecule has 1 aliphatic heterocycles. The van der Waals surface area contributed by atoms with E-state index in [0.29, 0.717) is 11.6 Å². The van der Waals surface area contributed by atoms with Gasteiger partial charge in [-0.05, 0) is 18.8 Å². The van der Waals surface area contributed by atoms with Crippen LogP contribution in [-0.2, 0) is 4.74 Å². The summed E-state index contributed by atoms with van der Waals surface area (Å²) in [6.07, 6.45) is 3.67. The monoisotopic (exact) mass is 256 g/mol. The van der Waals surface area contributed by atoms with E-state index >= 15 is 0 Å². The summed E-state index contributed by atoms with van der Waals surface area (Å²) in [7, 11) is 1.80. The van der Waals surface area contributed by atoms with Crippen LogP contribution in [0, 0.1) is 5.92 Å². The fourth-order valence-corrected chi connectivity index (χ4v) is 3.02. The van der Waals surface area contributed by atoms with Crippen molar-refractivity contribution in [2.45, 2.75) is 58.5 Å². The summed E-state index contributed by atoms with van der Waals surface area (Å²) < 4.78 is 5.28. The Kier molecular flexibility index (Phi) is 6.61. The van der Waals surface area contributed by atoms with Gasteiger partial charge in [0.2, 0.25) is 0 Å². The molecule has 108 valence electrons. The minimum atomic E-state index is 0.317. The molecule has 0 bridgehead atoms. The first-order valence-electron chi connectivity index (χ1n) is 7.60. The highest BCUT2D eigenvalue weighted by Crippen LogP contribution is 2.26. The first-order chi connectivity index (χ1) is 8.62. The van der Waals surface area contributed by atoms with Gasteiger partial charge in [-0.3, -0.25) is 4.90 Å². The Morgan fingerprint density at radius 3 is 2.50 bits per heavy atom. The van der Waals surface area contributed by atoms with Crippen molar-refractivity contribution in [3.8, 4) is 0 Å². The Morgan fingerprint density at radius 1 is 1.33 bits per heavy atom. The van der Waals surface area contributed by atoms with E-state index in [9.17, 15) is 0 Å². The van der Waals surface area contributed by atoms with Crippen molar-refractivity contribution >= 4 is 0 Å². The largest absolute Gasteiger partial charge is 0.383 e. The van der Waals surface area contributed by atoms with E-state index in [2.05, 4.69) is 37.9 Å². The number of hydrogen-bond donors (Lipinski definition) is 1. The zero-order valence-electron chi connectivity index (χ0n) is 13.0. The predicted octanol–water partition coefficient (Wildman–Crippen LogP) is 2.51. The minimum Gasteiger partial charge on any atom is -0.383 e. The summed E-state index contributed by atoms with van der Waals surface area (Å²) >= 11 is 0. The van der Waals surface area contributed by atoms with Crippen molar-refractivity contribution in [2.75, 3.05) is 33.4 Å². The molecule has 1 saturated heterocycles. The third-order valence-corrected chi connectivity index (χ3v) is 4.90. The molecule has 0 spiro atoms. The molecule has 1 fully saturated rings. The average Bonchev–Trinajstić information content (AvgIpc) is 2.43. The van der Waals surface area contributed by atoms with E-state index < -0.39 is 0 Å². The first-order valence-corrected chi connectivity index (χ1v) is 7.60. The average molecular weight is 256 g/mol. The third-order valence-electron chi connectivity index (χ3n) is 4.90. The standard InChI is InChI=1S/C15H32N2O/c1-6-13(4)14-11-16-15(7-2,8-3)12-17(14)9-10-18-5/h13-14,16H,6-12H2,1-5H3. The molecular weight excluding hydrogens is 224 g/mol. The van der Waals surface area contributed by atoms with Crippen molar-refractivity contribution < 1.29 is 4.74 Å². The van der Waals surface area contributed by atoms with Gasteiger partial charge in [0.05, 0.1) is 6.61 Å². The Bertz CT molecular complexity index is 229. The Labute approximate surface area is 113 Å². The van der Waals surface area contributed by atoms with Gasteiger partial charge >= 0.3 is 0 Å². The van der Waals surface area contributed by atoms with Gasteiger partial charge in [-0.1, -0.05) is 34.1 Å². The highest BCUT2D eigenvalue weighted by Gasteiger charge is 2.37. The molecule has 0 radical (unpaired) electrons. The quantitative estimate of drug-likeness (QED) is 0.757. The van der Waals surface area contributed by atoms with Crippen molar-refractivity contribution in [3.05, 3.63) is 0 Å². The Morgan fingerprint density at radius 2 is 2.00 bits per heavy atom. The molecule has 0 aromatic rings. The fraction of sp³-hybridized carbons (Fsp3) is 1.00. The number of nitrogens with zero attached hydrogens (tertiary/aromatic N) is 1. The Balaban J connectivity index is 2.71. The summed E-state index contributed by atoms with van der Waals surface area (Å²) in [5.41, 5.74) is 0.317. The molecule has 0 saturated carbocycles. The normalized spacial score (nSPS) is 26.2. The maximum atomic E-state index is 5.28. The second-order valence-electron chi connectivity index (χ2n) is 5.78. The number of ether oxygens (including phenoxy) is 1. The summed E-state index contributed by atoms with van der Waals surface area (Å²) in [6, 6.07) is 0.663. The number of methoxy groups -OCH3 is 1. The van der Waals surface area contributed by atoms with Gasteiger partial charge in [0.15, 0.2) is 0 Å². The van der Waals surface area contributed by atoms with Gasteiger partial charge in [0, 0.05) is 38.3 Å². The number of nitrogens with one attached hydrogen (secondary N) is 1. The zero-order chi connectivity index (χ0) is 13.6. The van der Waals surface area contributed by atoms with E-state index in [1.165, 1.54) is 25.8 Å². The van der Waals surface area contributed by atoms with E-state index in [1.807, 2.05) is 0 Å². The van der Waals surface area contributed by atoms with Gasteiger partial charge in [0.25, 0.3) is 0 Å². The van der Waals surface area contributed by atoms with E-state index in [-0.39, 0.29) is 0 Å². The number of rotatable bonds is 7. The Hall–Kier alpha value is -0.120. The SMILES string of the molecule is CCC(C)C1CNC(CC)(CC)CN1CCOC. The van der Waals surface area contributed by atoms with Crippen LogP contribution in [-0.4, -0.2) is 49.8 Å². The first kappa shape index (κ1) is 15.9. The van der Waals surface area contributed by atoms with Gasteiger partial charge < -0.3 is 10.1 Å². The highest BCUT2D eigenvalue weighted by molar-refractivity contribution is 4.97. The molecule has 3 nitrogen and oxygen atoms in total. The lowest BCUT2D eigenvalue weighted by molar-refractivity contribution is 0.0268. The molecule has 1 N–H and O–H groups in total. The predicted molar refractivity (Wildman–Crippen MR) is 78.0 cm³/mol. The second-order valence-corrected chi connectivity index (χ2v) is 5.78. The number of hydrogen-bond acceptors (Lipinski definition) is 3. The molecule has 2 unspecified atom stereocenters. The van der Waals surface area contributed by atoms with Crippen LogP contribution in [0.3, 0.4) is 0 Å². The summed E-state index contributed by atoms with van der Waals surface area (Å²) in [4.78, 5) is 2.65. The van der Waals surface area contributed by atoms with Crippen LogP contribution in [0.1, 0.15) is 47.0 Å². The van der Waals surface area contributed by atoms with E-state index in [1.54, 1.807) is 7.11 Å². The molecule has 3 heteroatoms. The topological polar surface area (TPSA) is 24.5 Å². The van der Waals surface area contributed by atoms with Crippen LogP contribution >= 0.6 is 0 Å². The maximum Gasteiger partial charge on any atom is 0.0589 e. The summed E-state index contributed by atoms with van der Waals surface area (Å²) in [6.45, 7) is 13.5. The lowest BCUT2D eigenvalue weighted by atomic mass is 9.85. The van der Waals surface area contributed by atoms with Gasteiger partial charge in [-0.2, -0.15) is 0 Å². The molecule has 1 aliphatic rings. The van der Waals surface area contributed by atoms with Gasteiger partial charge in [-0.25, -0.2) is 0 Å². The minimum absolute atomic E-state index is 0.317. The van der Waals surface area contributed by atoms with Gasteiger partial charge in [-0.15, -0.1) is 0 Å². The van der Waals surface area contributed by atoms with Crippen molar-refractivity contribution in [2.24, 2.45) is 5.92 Å². The highest BCUT2D eigenvalue weighted by atomic mass is 16.5. The molecule has 2 atom stereocenters. The van der Waals surface area contributed by atoms with Crippen LogP contribution in [0.5, 0.6) is 0 Å². The molecular formula is C15H32N2O. The van der Waals surface area contributed by atoms with Crippen molar-refractivity contribution in [1.82, 2.24) is 10.2 Å². The van der Waals surface area contributed by atoms with Crippen molar-refractivity contribution in [3.63, 3.8) is 0 Å². The summed E-state index contributed by atoms with van der Waals surface area (Å²) in [5, 5.41) is 3.82. The molecule has 0 aromatic carbocycles. The second kappa shape index (κ2) is 7.46. The molecule has 1 rings (SSSR count). The lowest BCUT2D eigenvalue weighted by Crippen LogP contribution is -2.65. The van der Waals surface area contributed by atoms with Crippen LogP contribution in [0.15, 0.2) is 0 Å². The molecule has 1 heterocycles. The lowest BCUT2D eigenvalue weighted by Gasteiger charge is -2.49. The molecule has 0 amide bonds. The van der Waals surface area contributed by atoms with Gasteiger partial charge in [0.1, 0.15) is 0 Å². The van der Waals surface area contributed by atoms with E-state index in [0.717, 1.165) is 25.6 Å². The zero-order valence-corrected chi connectivity index (χ0v) is 13.0. The summed E-state index contributed by atoms with van der Waals surface area (Å²) in [5.74, 6) is 0.751. The van der Waals surface area contributed by atoms with Crippen LogP contribution < -0.4 is 5.32 Å². The molecule has 18 heavy (non-hydrogen) atoms. The molecule has 0 aromatic heterocycles. The number of piperazine rings is 1. The van der Waals surface area contributed by atoms with Crippen LogP contribution in [0.25, 0.3) is 0 Å². The third kappa shape index (κ3) is 3.69.